The van der Waals surface area contributed by atoms with Crippen LogP contribution in [0, 0.1) is 17.8 Å². The van der Waals surface area contributed by atoms with Crippen molar-refractivity contribution in [3.63, 3.8) is 0 Å². The highest BCUT2D eigenvalue weighted by Gasteiger charge is 2.35. The fourth-order valence-corrected chi connectivity index (χ4v) is 4.79. The van der Waals surface area contributed by atoms with E-state index < -0.39 is 10.2 Å². The van der Waals surface area contributed by atoms with Crippen LogP contribution in [-0.4, -0.2) is 55.8 Å². The van der Waals surface area contributed by atoms with E-state index >= 15 is 0 Å². The van der Waals surface area contributed by atoms with E-state index in [4.69, 9.17) is 4.74 Å². The third kappa shape index (κ3) is 6.04. The predicted molar refractivity (Wildman–Crippen MR) is 91.1 cm³/mol. The van der Waals surface area contributed by atoms with Crippen LogP contribution in [0.25, 0.3) is 0 Å². The van der Waals surface area contributed by atoms with E-state index in [0.29, 0.717) is 45.6 Å². The molecule has 1 aliphatic heterocycles. The number of ether oxygens (including phenoxy) is 1. The Balaban J connectivity index is 2.73. The van der Waals surface area contributed by atoms with E-state index in [0.717, 1.165) is 0 Å². The number of hydrogen-bond donors (Lipinski definition) is 0. The Morgan fingerprint density at radius 1 is 1.13 bits per heavy atom. The molecule has 0 spiro atoms. The van der Waals surface area contributed by atoms with Gasteiger partial charge < -0.3 is 4.74 Å². The molecule has 1 aliphatic rings. The highest BCUT2D eigenvalue weighted by atomic mass is 32.2. The van der Waals surface area contributed by atoms with Crippen molar-refractivity contribution < 1.29 is 17.9 Å². The van der Waals surface area contributed by atoms with Crippen LogP contribution < -0.4 is 0 Å². The Labute approximate surface area is 141 Å². The number of nitrogens with zero attached hydrogens (tertiary/aromatic N) is 2. The van der Waals surface area contributed by atoms with Gasteiger partial charge in [0, 0.05) is 26.2 Å². The van der Waals surface area contributed by atoms with Crippen molar-refractivity contribution in [3.8, 4) is 0 Å². The summed E-state index contributed by atoms with van der Waals surface area (Å²) in [6.07, 6.45) is 1.07. The lowest BCUT2D eigenvalue weighted by Crippen LogP contribution is -2.49. The maximum Gasteiger partial charge on any atom is 0.309 e. The summed E-state index contributed by atoms with van der Waals surface area (Å²) in [4.78, 5) is 11.8. The summed E-state index contributed by atoms with van der Waals surface area (Å²) in [5.74, 6) is 0.178. The molecule has 0 unspecified atom stereocenters. The Hall–Kier alpha value is -0.660. The minimum atomic E-state index is -3.46. The van der Waals surface area contributed by atoms with Gasteiger partial charge in [0.15, 0.2) is 0 Å². The topological polar surface area (TPSA) is 66.9 Å². The van der Waals surface area contributed by atoms with Crippen molar-refractivity contribution in [2.75, 3.05) is 32.8 Å². The lowest BCUT2D eigenvalue weighted by atomic mass is 9.98. The summed E-state index contributed by atoms with van der Waals surface area (Å²) in [6.45, 7) is 12.1. The quantitative estimate of drug-likeness (QED) is 0.630. The standard InChI is InChI=1S/C16H32N2O4S/c1-6-22-16(19)15-7-9-17(10-8-15)23(20,21)18(11-13(2)3)12-14(4)5/h13-15H,6-12H2,1-5H3. The van der Waals surface area contributed by atoms with Crippen molar-refractivity contribution in [1.82, 2.24) is 8.61 Å². The van der Waals surface area contributed by atoms with Gasteiger partial charge in [-0.25, -0.2) is 0 Å². The van der Waals surface area contributed by atoms with Crippen LogP contribution in [0.15, 0.2) is 0 Å². The molecule has 0 aromatic rings. The van der Waals surface area contributed by atoms with E-state index in [1.807, 2.05) is 27.7 Å². The highest BCUT2D eigenvalue weighted by molar-refractivity contribution is 7.86. The first-order chi connectivity index (χ1) is 10.7. The number of esters is 1. The lowest BCUT2D eigenvalue weighted by Gasteiger charge is -2.35. The molecular formula is C16H32N2O4S. The van der Waals surface area contributed by atoms with E-state index in [9.17, 15) is 13.2 Å². The molecule has 1 rings (SSSR count). The zero-order valence-electron chi connectivity index (χ0n) is 15.1. The lowest BCUT2D eigenvalue weighted by molar-refractivity contribution is -0.149. The first-order valence-corrected chi connectivity index (χ1v) is 10.00. The minimum absolute atomic E-state index is 0.176. The molecule has 136 valence electrons. The van der Waals surface area contributed by atoms with E-state index in [1.54, 1.807) is 11.2 Å². The van der Waals surface area contributed by atoms with Crippen LogP contribution in [0.1, 0.15) is 47.5 Å². The molecule has 0 amide bonds. The SMILES string of the molecule is CCOC(=O)C1CCN(S(=O)(=O)N(CC(C)C)CC(C)C)CC1. The maximum atomic E-state index is 12.9. The van der Waals surface area contributed by atoms with Crippen LogP contribution in [0.2, 0.25) is 0 Å². The molecule has 0 bridgehead atoms. The van der Waals surface area contributed by atoms with Gasteiger partial charge in [-0.1, -0.05) is 27.7 Å². The first-order valence-electron chi connectivity index (χ1n) is 8.60. The second kappa shape index (κ2) is 8.99. The monoisotopic (exact) mass is 348 g/mol. The second-order valence-electron chi connectivity index (χ2n) is 7.04. The first kappa shape index (κ1) is 20.4. The largest absolute Gasteiger partial charge is 0.466 e. The number of hydrogen-bond acceptors (Lipinski definition) is 4. The van der Waals surface area contributed by atoms with Crippen LogP contribution >= 0.6 is 0 Å². The molecule has 0 N–H and O–H groups in total. The van der Waals surface area contributed by atoms with Gasteiger partial charge in [0.2, 0.25) is 0 Å². The molecule has 0 aliphatic carbocycles. The Kier molecular flexibility index (Phi) is 7.97. The van der Waals surface area contributed by atoms with E-state index in [2.05, 4.69) is 0 Å². The Morgan fingerprint density at radius 3 is 2.00 bits per heavy atom. The van der Waals surface area contributed by atoms with Gasteiger partial charge in [0.1, 0.15) is 0 Å². The molecule has 1 heterocycles. The summed E-state index contributed by atoms with van der Waals surface area (Å²) in [7, 11) is -3.46. The molecule has 0 radical (unpaired) electrons. The molecular weight excluding hydrogens is 316 g/mol. The molecule has 23 heavy (non-hydrogen) atoms. The summed E-state index contributed by atoms with van der Waals surface area (Å²) in [6, 6.07) is 0. The third-order valence-corrected chi connectivity index (χ3v) is 5.83. The Morgan fingerprint density at radius 2 is 1.61 bits per heavy atom. The number of rotatable bonds is 8. The molecule has 1 fully saturated rings. The van der Waals surface area contributed by atoms with Crippen molar-refractivity contribution in [3.05, 3.63) is 0 Å². The molecule has 7 heteroatoms. The zero-order valence-corrected chi connectivity index (χ0v) is 15.9. The summed E-state index contributed by atoms with van der Waals surface area (Å²) in [5, 5.41) is 0. The second-order valence-corrected chi connectivity index (χ2v) is 8.97. The van der Waals surface area contributed by atoms with Crippen LogP contribution in [0.3, 0.4) is 0 Å². The van der Waals surface area contributed by atoms with Crippen molar-refractivity contribution >= 4 is 16.2 Å². The Bertz CT molecular complexity index is 458. The van der Waals surface area contributed by atoms with Crippen molar-refractivity contribution in [2.24, 2.45) is 17.8 Å². The van der Waals surface area contributed by atoms with Gasteiger partial charge in [-0.15, -0.1) is 0 Å². The predicted octanol–water partition coefficient (Wildman–Crippen LogP) is 2.12. The molecule has 0 atom stereocenters. The molecule has 0 saturated carbocycles. The van der Waals surface area contributed by atoms with Gasteiger partial charge in [-0.2, -0.15) is 17.0 Å². The van der Waals surface area contributed by atoms with Gasteiger partial charge >= 0.3 is 5.97 Å². The zero-order chi connectivity index (χ0) is 17.6. The average Bonchev–Trinajstić information content (AvgIpc) is 2.46. The fourth-order valence-electron chi connectivity index (χ4n) is 2.82. The molecule has 0 aromatic heterocycles. The van der Waals surface area contributed by atoms with Gasteiger partial charge in [0.05, 0.1) is 12.5 Å². The van der Waals surface area contributed by atoms with Crippen molar-refractivity contribution in [1.29, 1.82) is 0 Å². The fraction of sp³-hybridized carbons (Fsp3) is 0.938. The smallest absolute Gasteiger partial charge is 0.309 e. The van der Waals surface area contributed by atoms with Crippen LogP contribution in [-0.2, 0) is 19.7 Å². The van der Waals surface area contributed by atoms with Gasteiger partial charge in [-0.05, 0) is 31.6 Å². The number of carbonyl (C=O) groups is 1. The molecule has 6 nitrogen and oxygen atoms in total. The number of piperidine rings is 1. The summed E-state index contributed by atoms with van der Waals surface area (Å²) < 4.78 is 33.9. The van der Waals surface area contributed by atoms with E-state index in [-0.39, 0.29) is 23.7 Å². The third-order valence-electron chi connectivity index (χ3n) is 3.86. The van der Waals surface area contributed by atoms with Crippen LogP contribution in [0.5, 0.6) is 0 Å². The maximum absolute atomic E-state index is 12.9. The van der Waals surface area contributed by atoms with Gasteiger partial charge in [-0.3, -0.25) is 4.79 Å². The van der Waals surface area contributed by atoms with E-state index in [1.165, 1.54) is 4.31 Å². The van der Waals surface area contributed by atoms with Crippen molar-refractivity contribution in [2.45, 2.75) is 47.5 Å². The van der Waals surface area contributed by atoms with Gasteiger partial charge in [0.25, 0.3) is 10.2 Å². The highest BCUT2D eigenvalue weighted by Crippen LogP contribution is 2.23. The normalized spacial score (nSPS) is 18.1. The summed E-state index contributed by atoms with van der Waals surface area (Å²) in [5.41, 5.74) is 0. The average molecular weight is 349 g/mol. The molecule has 1 saturated heterocycles. The minimum Gasteiger partial charge on any atom is -0.466 e. The number of carbonyl (C=O) groups excluding carboxylic acids is 1. The van der Waals surface area contributed by atoms with Crippen LogP contribution in [0.4, 0.5) is 0 Å². The molecule has 0 aromatic carbocycles. The summed E-state index contributed by atoms with van der Waals surface area (Å²) >= 11 is 0.